The van der Waals surface area contributed by atoms with Crippen molar-refractivity contribution in [1.82, 2.24) is 20.2 Å². The number of anilines is 1. The van der Waals surface area contributed by atoms with Crippen LogP contribution in [0.15, 0.2) is 36.4 Å². The first-order chi connectivity index (χ1) is 22.9. The number of rotatable bonds is 7. The van der Waals surface area contributed by atoms with Crippen molar-refractivity contribution in [1.29, 1.82) is 0 Å². The van der Waals surface area contributed by atoms with Gasteiger partial charge in [-0.15, -0.1) is 6.42 Å². The lowest BCUT2D eigenvalue weighted by molar-refractivity contribution is 0.131. The normalized spacial score (nSPS) is 26.2. The first-order valence-corrected chi connectivity index (χ1v) is 17.1. The lowest BCUT2D eigenvalue weighted by Crippen LogP contribution is -2.51. The lowest BCUT2D eigenvalue weighted by atomic mass is 9.93. The van der Waals surface area contributed by atoms with Crippen LogP contribution >= 0.6 is 11.6 Å². The summed E-state index contributed by atoms with van der Waals surface area (Å²) in [4.78, 5) is 14.5. The molecule has 1 aromatic heterocycles. The molecule has 4 unspecified atom stereocenters. The standard InChI is InChI=1S/C37H37ClFN5O3/c1-2-27-31(38)8-3-21-11-26(45)12-30(32(21)27)28-6-7-29-34(33(28)39)41-36(42-35(29)44-15-24-4-5-25(16-44)40-24)47-20-37(9-10-37)19-43-13-22-17-46-18-23(22)14-43/h1,3,6-8,11-12,22-25,40,45H,4-5,9-10,13-20H2. The Labute approximate surface area is 278 Å². The summed E-state index contributed by atoms with van der Waals surface area (Å²) in [6, 6.07) is 11.2. The molecule has 5 fully saturated rings. The van der Waals surface area contributed by atoms with Gasteiger partial charge in [-0.2, -0.15) is 9.97 Å². The highest BCUT2D eigenvalue weighted by Gasteiger charge is 2.48. The highest BCUT2D eigenvalue weighted by molar-refractivity contribution is 6.33. The Balaban J connectivity index is 1.11. The Kier molecular flexibility index (Phi) is 7.02. The van der Waals surface area contributed by atoms with E-state index in [4.69, 9.17) is 37.5 Å². The van der Waals surface area contributed by atoms with Crippen molar-refractivity contribution in [3.05, 3.63) is 52.8 Å². The number of phenols is 1. The molecule has 0 spiro atoms. The number of halogens is 2. The maximum Gasteiger partial charge on any atom is 0.319 e. The van der Waals surface area contributed by atoms with E-state index in [2.05, 4.69) is 21.0 Å². The predicted molar refractivity (Wildman–Crippen MR) is 181 cm³/mol. The summed E-state index contributed by atoms with van der Waals surface area (Å²) in [6.07, 6.45) is 10.3. The summed E-state index contributed by atoms with van der Waals surface area (Å²) in [5.41, 5.74) is 1.43. The van der Waals surface area contributed by atoms with Crippen LogP contribution in [0.5, 0.6) is 11.8 Å². The Morgan fingerprint density at radius 1 is 1.04 bits per heavy atom. The van der Waals surface area contributed by atoms with Crippen molar-refractivity contribution < 1.29 is 19.0 Å². The van der Waals surface area contributed by atoms with E-state index in [1.165, 1.54) is 6.07 Å². The lowest BCUT2D eigenvalue weighted by Gasteiger charge is -2.34. The van der Waals surface area contributed by atoms with Crippen LogP contribution in [-0.4, -0.2) is 84.6 Å². The van der Waals surface area contributed by atoms with E-state index in [0.717, 1.165) is 71.6 Å². The number of benzene rings is 3. The summed E-state index contributed by atoms with van der Waals surface area (Å²) < 4.78 is 29.1. The Bertz CT molecular complexity index is 1940. The summed E-state index contributed by atoms with van der Waals surface area (Å²) >= 11 is 6.49. The van der Waals surface area contributed by atoms with Crippen molar-refractivity contribution in [3.63, 3.8) is 0 Å². The fourth-order valence-electron chi connectivity index (χ4n) is 8.52. The number of likely N-dealkylation sites (tertiary alicyclic amines) is 1. The Morgan fingerprint density at radius 2 is 1.81 bits per heavy atom. The van der Waals surface area contributed by atoms with Crippen LogP contribution < -0.4 is 15.0 Å². The van der Waals surface area contributed by atoms with Gasteiger partial charge < -0.3 is 29.7 Å². The highest BCUT2D eigenvalue weighted by atomic mass is 35.5. The van der Waals surface area contributed by atoms with Crippen LogP contribution in [0.1, 0.15) is 31.2 Å². The average Bonchev–Trinajstić information content (AvgIpc) is 3.30. The quantitative estimate of drug-likeness (QED) is 0.249. The second kappa shape index (κ2) is 11.2. The minimum atomic E-state index is -0.518. The molecule has 8 nitrogen and oxygen atoms in total. The molecule has 4 atom stereocenters. The summed E-state index contributed by atoms with van der Waals surface area (Å²) in [5.74, 6) is 4.13. The molecule has 0 radical (unpaired) electrons. The number of phenolic OH excluding ortho intramolecular Hbond substituents is 1. The van der Waals surface area contributed by atoms with Crippen LogP contribution in [0, 0.1) is 35.4 Å². The van der Waals surface area contributed by atoms with E-state index in [1.54, 1.807) is 24.3 Å². The van der Waals surface area contributed by atoms with Crippen molar-refractivity contribution >= 4 is 39.1 Å². The van der Waals surface area contributed by atoms with Crippen LogP contribution in [0.2, 0.25) is 5.02 Å². The molecule has 47 heavy (non-hydrogen) atoms. The molecule has 10 heteroatoms. The molecule has 9 rings (SSSR count). The number of ether oxygens (including phenoxy) is 2. The van der Waals surface area contributed by atoms with Crippen LogP contribution in [0.25, 0.3) is 32.8 Å². The number of nitrogens with zero attached hydrogens (tertiary/aromatic N) is 4. The van der Waals surface area contributed by atoms with Gasteiger partial charge in [-0.3, -0.25) is 0 Å². The molecule has 1 saturated carbocycles. The molecule has 4 aromatic rings. The van der Waals surface area contributed by atoms with Crippen molar-refractivity contribution in [2.24, 2.45) is 17.3 Å². The maximum absolute atomic E-state index is 17.0. The molecule has 242 valence electrons. The fraction of sp³-hybridized carbons (Fsp3) is 0.459. The van der Waals surface area contributed by atoms with E-state index in [9.17, 15) is 5.11 Å². The summed E-state index contributed by atoms with van der Waals surface area (Å²) in [6.45, 7) is 6.97. The smallest absolute Gasteiger partial charge is 0.319 e. The van der Waals surface area contributed by atoms with Crippen molar-refractivity contribution in [3.8, 4) is 35.2 Å². The molecular weight excluding hydrogens is 617 g/mol. The van der Waals surface area contributed by atoms with Crippen LogP contribution in [0.4, 0.5) is 10.2 Å². The summed E-state index contributed by atoms with van der Waals surface area (Å²) in [7, 11) is 0. The molecule has 5 aliphatic rings. The molecule has 2 bridgehead atoms. The number of aromatic hydroxyl groups is 1. The molecule has 2 N–H and O–H groups in total. The average molecular weight is 654 g/mol. The largest absolute Gasteiger partial charge is 0.508 e. The highest BCUT2D eigenvalue weighted by Crippen LogP contribution is 2.48. The van der Waals surface area contributed by atoms with E-state index < -0.39 is 5.82 Å². The van der Waals surface area contributed by atoms with E-state index in [1.807, 2.05) is 6.07 Å². The molecule has 0 amide bonds. The second-order valence-corrected chi connectivity index (χ2v) is 14.8. The van der Waals surface area contributed by atoms with E-state index in [0.29, 0.717) is 68.7 Å². The minimum absolute atomic E-state index is 0.00451. The van der Waals surface area contributed by atoms with Gasteiger partial charge in [-0.25, -0.2) is 4.39 Å². The van der Waals surface area contributed by atoms with Crippen LogP contribution in [0.3, 0.4) is 0 Å². The zero-order valence-corrected chi connectivity index (χ0v) is 26.9. The third-order valence-electron chi connectivity index (χ3n) is 11.1. The number of aromatic nitrogens is 2. The number of nitrogens with one attached hydrogen (secondary N) is 1. The SMILES string of the molecule is C#Cc1c(Cl)ccc2cc(O)cc(-c3ccc4c(N5CC6CCC(C5)N6)nc(OCC5(CN6CC7COCC7C6)CC5)nc4c3F)c12. The van der Waals surface area contributed by atoms with Gasteiger partial charge in [0.2, 0.25) is 0 Å². The van der Waals surface area contributed by atoms with Gasteiger partial charge in [-0.1, -0.05) is 29.7 Å². The molecule has 5 heterocycles. The van der Waals surface area contributed by atoms with Crippen molar-refractivity contribution in [2.75, 3.05) is 57.4 Å². The Hall–Kier alpha value is -3.68. The second-order valence-electron chi connectivity index (χ2n) is 14.4. The van der Waals surface area contributed by atoms with Crippen LogP contribution in [-0.2, 0) is 4.74 Å². The van der Waals surface area contributed by atoms with Crippen molar-refractivity contribution in [2.45, 2.75) is 37.8 Å². The van der Waals surface area contributed by atoms with Gasteiger partial charge in [0.25, 0.3) is 0 Å². The van der Waals surface area contributed by atoms with Gasteiger partial charge >= 0.3 is 6.01 Å². The first-order valence-electron chi connectivity index (χ1n) is 16.7. The topological polar surface area (TPSA) is 83.0 Å². The van der Waals surface area contributed by atoms with E-state index >= 15 is 4.39 Å². The molecule has 1 aliphatic carbocycles. The zero-order chi connectivity index (χ0) is 31.9. The number of terminal acetylenes is 1. The van der Waals surface area contributed by atoms with Gasteiger partial charge in [0.05, 0.1) is 30.4 Å². The predicted octanol–water partition coefficient (Wildman–Crippen LogP) is 5.61. The Morgan fingerprint density at radius 3 is 2.53 bits per heavy atom. The van der Waals surface area contributed by atoms with Gasteiger partial charge in [-0.05, 0) is 60.9 Å². The molecular formula is C37H37ClFN5O3. The molecule has 4 saturated heterocycles. The molecule has 4 aliphatic heterocycles. The monoisotopic (exact) mass is 653 g/mol. The van der Waals surface area contributed by atoms with Gasteiger partial charge in [0.1, 0.15) is 17.1 Å². The number of fused-ring (bicyclic) bond motifs is 5. The van der Waals surface area contributed by atoms with E-state index in [-0.39, 0.29) is 28.3 Å². The van der Waals surface area contributed by atoms with Gasteiger partial charge in [0.15, 0.2) is 5.82 Å². The number of hydrogen-bond acceptors (Lipinski definition) is 8. The zero-order valence-electron chi connectivity index (χ0n) is 26.1. The minimum Gasteiger partial charge on any atom is -0.508 e. The third kappa shape index (κ3) is 5.17. The fourth-order valence-corrected chi connectivity index (χ4v) is 8.73. The van der Waals surface area contributed by atoms with Gasteiger partial charge in [0, 0.05) is 78.4 Å². The first kappa shape index (κ1) is 29.5. The maximum atomic E-state index is 17.0. The molecule has 3 aromatic carbocycles. The number of hydrogen-bond donors (Lipinski definition) is 2. The number of piperazine rings is 1. The third-order valence-corrected chi connectivity index (χ3v) is 11.4. The summed E-state index contributed by atoms with van der Waals surface area (Å²) in [5, 5.41) is 16.6.